The van der Waals surface area contributed by atoms with E-state index in [-0.39, 0.29) is 0 Å². The van der Waals surface area contributed by atoms with Crippen molar-refractivity contribution in [2.45, 2.75) is 33.1 Å². The second-order valence-corrected chi connectivity index (χ2v) is 5.71. The zero-order chi connectivity index (χ0) is 13.0. The van der Waals surface area contributed by atoms with Crippen molar-refractivity contribution in [3.05, 3.63) is 10.8 Å². The molecule has 0 spiro atoms. The minimum atomic E-state index is 0.823. The molecule has 1 unspecified atom stereocenters. The first-order valence-electron chi connectivity index (χ1n) is 6.71. The molecule has 18 heavy (non-hydrogen) atoms. The minimum Gasteiger partial charge on any atom is -0.369 e. The lowest BCUT2D eigenvalue weighted by Crippen LogP contribution is -2.26. The van der Waals surface area contributed by atoms with Crippen molar-refractivity contribution in [1.29, 1.82) is 0 Å². The minimum absolute atomic E-state index is 0.823. The number of aromatic nitrogens is 2. The van der Waals surface area contributed by atoms with Crippen LogP contribution < -0.4 is 10.2 Å². The molecule has 1 aliphatic heterocycles. The van der Waals surface area contributed by atoms with Gasteiger partial charge < -0.3 is 10.2 Å². The van der Waals surface area contributed by atoms with Crippen molar-refractivity contribution < 1.29 is 0 Å². The summed E-state index contributed by atoms with van der Waals surface area (Å²) in [5, 5.41) is 3.26. The summed E-state index contributed by atoms with van der Waals surface area (Å²) in [6.45, 7) is 7.45. The smallest absolute Gasteiger partial charge is 0.148 e. The average Bonchev–Trinajstić information content (AvgIpc) is 2.57. The lowest BCUT2D eigenvalue weighted by atomic mass is 10.0. The van der Waals surface area contributed by atoms with Crippen LogP contribution in [0.5, 0.6) is 0 Å². The molecule has 1 fully saturated rings. The van der Waals surface area contributed by atoms with E-state index in [0.29, 0.717) is 0 Å². The number of hydrogen-bond acceptors (Lipinski definition) is 4. The number of hydrogen-bond donors (Lipinski definition) is 1. The van der Waals surface area contributed by atoms with Crippen molar-refractivity contribution in [1.82, 2.24) is 9.97 Å². The lowest BCUT2D eigenvalue weighted by molar-refractivity contribution is 0.521. The molecule has 100 valence electrons. The summed E-state index contributed by atoms with van der Waals surface area (Å²) < 4.78 is 0.987. The van der Waals surface area contributed by atoms with Gasteiger partial charge in [-0.25, -0.2) is 9.97 Å². The summed E-state index contributed by atoms with van der Waals surface area (Å²) in [6.07, 6.45) is 5.45. The maximum absolute atomic E-state index is 4.44. The van der Waals surface area contributed by atoms with Gasteiger partial charge in [-0.1, -0.05) is 6.92 Å². The molecule has 1 saturated heterocycles. The Hall–Kier alpha value is -0.840. The van der Waals surface area contributed by atoms with E-state index in [0.717, 1.165) is 41.7 Å². The zero-order valence-electron chi connectivity index (χ0n) is 11.1. The summed E-state index contributed by atoms with van der Waals surface area (Å²) in [4.78, 5) is 11.1. The van der Waals surface area contributed by atoms with Crippen molar-refractivity contribution in [3.63, 3.8) is 0 Å². The predicted octanol–water partition coefficient (Wildman–Crippen LogP) is 3.30. The Balaban J connectivity index is 2.19. The highest BCUT2D eigenvalue weighted by atomic mass is 79.9. The Kier molecular flexibility index (Phi) is 4.80. The third-order valence-corrected chi connectivity index (χ3v) is 4.16. The lowest BCUT2D eigenvalue weighted by Gasteiger charge is -2.23. The van der Waals surface area contributed by atoms with Crippen LogP contribution in [0.25, 0.3) is 0 Å². The SMILES string of the molecule is CCNc1ncnc(N2CCCC(C)CC2)c1Br. The molecule has 4 nitrogen and oxygen atoms in total. The highest BCUT2D eigenvalue weighted by Gasteiger charge is 2.18. The molecule has 1 aromatic rings. The summed E-state index contributed by atoms with van der Waals surface area (Å²) in [7, 11) is 0. The first kappa shape index (κ1) is 13.6. The van der Waals surface area contributed by atoms with Crippen LogP contribution in [0.15, 0.2) is 10.8 Å². The fourth-order valence-electron chi connectivity index (χ4n) is 2.35. The number of rotatable bonds is 3. The van der Waals surface area contributed by atoms with Gasteiger partial charge in [0.05, 0.1) is 0 Å². The van der Waals surface area contributed by atoms with Gasteiger partial charge in [0.2, 0.25) is 0 Å². The highest BCUT2D eigenvalue weighted by Crippen LogP contribution is 2.31. The maximum atomic E-state index is 4.44. The second-order valence-electron chi connectivity index (χ2n) is 4.91. The fraction of sp³-hybridized carbons (Fsp3) is 0.692. The average molecular weight is 313 g/mol. The molecule has 1 aromatic heterocycles. The van der Waals surface area contributed by atoms with E-state index >= 15 is 0 Å². The van der Waals surface area contributed by atoms with Crippen LogP contribution in [-0.2, 0) is 0 Å². The molecule has 1 aliphatic rings. The van der Waals surface area contributed by atoms with E-state index in [2.05, 4.69) is 50.0 Å². The second kappa shape index (κ2) is 6.36. The van der Waals surface area contributed by atoms with Crippen molar-refractivity contribution in [3.8, 4) is 0 Å². The van der Waals surface area contributed by atoms with Crippen molar-refractivity contribution in [2.24, 2.45) is 5.92 Å². The molecule has 0 bridgehead atoms. The van der Waals surface area contributed by atoms with Gasteiger partial charge in [-0.15, -0.1) is 0 Å². The van der Waals surface area contributed by atoms with Gasteiger partial charge in [-0.05, 0) is 48.0 Å². The Morgan fingerprint density at radius 3 is 3.00 bits per heavy atom. The molecule has 0 aliphatic carbocycles. The van der Waals surface area contributed by atoms with Crippen LogP contribution in [0.3, 0.4) is 0 Å². The molecule has 0 aromatic carbocycles. The normalized spacial score (nSPS) is 20.6. The van der Waals surface area contributed by atoms with Gasteiger partial charge in [0.25, 0.3) is 0 Å². The molecule has 2 rings (SSSR count). The van der Waals surface area contributed by atoms with Crippen LogP contribution in [-0.4, -0.2) is 29.6 Å². The van der Waals surface area contributed by atoms with Crippen LogP contribution in [0.2, 0.25) is 0 Å². The molecule has 1 N–H and O–H groups in total. The van der Waals surface area contributed by atoms with Gasteiger partial charge in [-0.2, -0.15) is 0 Å². The topological polar surface area (TPSA) is 41.1 Å². The Morgan fingerprint density at radius 1 is 1.39 bits per heavy atom. The van der Waals surface area contributed by atoms with Gasteiger partial charge in [0, 0.05) is 19.6 Å². The summed E-state index contributed by atoms with van der Waals surface area (Å²) >= 11 is 3.63. The first-order chi connectivity index (χ1) is 8.72. The molecule has 0 saturated carbocycles. The third-order valence-electron chi connectivity index (χ3n) is 3.43. The Morgan fingerprint density at radius 2 is 2.22 bits per heavy atom. The fourth-order valence-corrected chi connectivity index (χ4v) is 2.94. The van der Waals surface area contributed by atoms with E-state index in [1.165, 1.54) is 19.3 Å². The summed E-state index contributed by atoms with van der Waals surface area (Å²) in [5.41, 5.74) is 0. The number of anilines is 2. The number of nitrogens with zero attached hydrogens (tertiary/aromatic N) is 3. The molecule has 1 atom stereocenters. The summed E-state index contributed by atoms with van der Waals surface area (Å²) in [5.74, 6) is 2.73. The van der Waals surface area contributed by atoms with Gasteiger partial charge in [0.1, 0.15) is 22.4 Å². The van der Waals surface area contributed by atoms with Gasteiger partial charge in [0.15, 0.2) is 0 Å². The molecule has 0 radical (unpaired) electrons. The molecule has 5 heteroatoms. The highest BCUT2D eigenvalue weighted by molar-refractivity contribution is 9.10. The molecular formula is C13H21BrN4. The van der Waals surface area contributed by atoms with Gasteiger partial charge in [-0.3, -0.25) is 0 Å². The van der Waals surface area contributed by atoms with Crippen LogP contribution in [0, 0.1) is 5.92 Å². The zero-order valence-corrected chi connectivity index (χ0v) is 12.7. The number of nitrogens with one attached hydrogen (secondary N) is 1. The van der Waals surface area contributed by atoms with E-state index in [4.69, 9.17) is 0 Å². The van der Waals surface area contributed by atoms with Gasteiger partial charge >= 0.3 is 0 Å². The van der Waals surface area contributed by atoms with E-state index in [9.17, 15) is 0 Å². The third kappa shape index (κ3) is 3.13. The first-order valence-corrected chi connectivity index (χ1v) is 7.51. The monoisotopic (exact) mass is 312 g/mol. The van der Waals surface area contributed by atoms with Crippen LogP contribution in [0.4, 0.5) is 11.6 Å². The van der Waals surface area contributed by atoms with Crippen molar-refractivity contribution >= 4 is 27.6 Å². The maximum Gasteiger partial charge on any atom is 0.148 e. The van der Waals surface area contributed by atoms with Crippen molar-refractivity contribution in [2.75, 3.05) is 29.9 Å². The number of halogens is 1. The summed E-state index contributed by atoms with van der Waals surface area (Å²) in [6, 6.07) is 0. The van der Waals surface area contributed by atoms with Crippen LogP contribution in [0.1, 0.15) is 33.1 Å². The van der Waals surface area contributed by atoms with E-state index < -0.39 is 0 Å². The molecule has 0 amide bonds. The Bertz CT molecular complexity index is 397. The Labute approximate surface area is 117 Å². The largest absolute Gasteiger partial charge is 0.369 e. The molecular weight excluding hydrogens is 292 g/mol. The van der Waals surface area contributed by atoms with E-state index in [1.807, 2.05) is 0 Å². The standard InChI is InChI=1S/C13H21BrN4/c1-3-15-12-11(14)13(17-9-16-12)18-7-4-5-10(2)6-8-18/h9-10H,3-8H2,1-2H3,(H,15,16,17). The van der Waals surface area contributed by atoms with E-state index in [1.54, 1.807) is 6.33 Å². The van der Waals surface area contributed by atoms with Crippen LogP contribution >= 0.6 is 15.9 Å². The quantitative estimate of drug-likeness (QED) is 0.929. The molecule has 2 heterocycles. The predicted molar refractivity (Wildman–Crippen MR) is 79.1 cm³/mol.